The van der Waals surface area contributed by atoms with Gasteiger partial charge in [-0.25, -0.2) is 4.79 Å². The lowest BCUT2D eigenvalue weighted by Crippen LogP contribution is -2.44. The van der Waals surface area contributed by atoms with Gasteiger partial charge in [-0.05, 0) is 18.2 Å². The molecule has 7 nitrogen and oxygen atoms in total. The van der Waals surface area contributed by atoms with Gasteiger partial charge >= 0.3 is 5.97 Å². The van der Waals surface area contributed by atoms with Crippen LogP contribution < -0.4 is 14.8 Å². The van der Waals surface area contributed by atoms with Gasteiger partial charge in [0.25, 0.3) is 0 Å². The number of esters is 1. The fourth-order valence-corrected chi connectivity index (χ4v) is 2.96. The number of carbonyl (C=O) groups is 1. The largest absolute Gasteiger partial charge is 0.494 e. The molecule has 0 aliphatic carbocycles. The molecule has 1 aliphatic heterocycles. The predicted octanol–water partition coefficient (Wildman–Crippen LogP) is 2.35. The van der Waals surface area contributed by atoms with E-state index in [-0.39, 0.29) is 5.88 Å². The minimum atomic E-state index is -0.644. The van der Waals surface area contributed by atoms with Gasteiger partial charge < -0.3 is 19.5 Å². The minimum Gasteiger partial charge on any atom is -0.494 e. The monoisotopic (exact) mass is 383 g/mol. The van der Waals surface area contributed by atoms with Crippen molar-refractivity contribution in [3.8, 4) is 22.9 Å². The van der Waals surface area contributed by atoms with Crippen LogP contribution in [0.1, 0.15) is 0 Å². The zero-order chi connectivity index (χ0) is 17.8. The maximum atomic E-state index is 12.0. The van der Waals surface area contributed by atoms with Crippen LogP contribution in [0.15, 0.2) is 24.3 Å². The Morgan fingerprint density at radius 1 is 1.28 bits per heavy atom. The van der Waals surface area contributed by atoms with Crippen molar-refractivity contribution in [1.29, 1.82) is 0 Å². The lowest BCUT2D eigenvalue weighted by molar-refractivity contribution is -0.149. The molecule has 1 fully saturated rings. The Hall–Kier alpha value is -1.93. The molecule has 0 saturated carbocycles. The van der Waals surface area contributed by atoms with Crippen molar-refractivity contribution >= 4 is 29.2 Å². The number of hydrogen-bond donors (Lipinski definition) is 1. The van der Waals surface area contributed by atoms with E-state index in [0.29, 0.717) is 46.7 Å². The van der Waals surface area contributed by atoms with Crippen molar-refractivity contribution in [2.75, 3.05) is 26.8 Å². The molecule has 1 unspecified atom stereocenters. The van der Waals surface area contributed by atoms with Crippen LogP contribution in [0.3, 0.4) is 0 Å². The SMILES string of the molecule is COc1c(Cl)cc(-c2ccc(OC(=O)C3CNCCO3)nn2)cc1Cl. The van der Waals surface area contributed by atoms with Crippen molar-refractivity contribution < 1.29 is 19.0 Å². The zero-order valence-corrected chi connectivity index (χ0v) is 14.8. The molecule has 2 aromatic rings. The number of rotatable bonds is 4. The second-order valence-electron chi connectivity index (χ2n) is 5.21. The van der Waals surface area contributed by atoms with E-state index in [2.05, 4.69) is 15.5 Å². The summed E-state index contributed by atoms with van der Waals surface area (Å²) >= 11 is 12.2. The Labute approximate surface area is 154 Å². The number of hydrogen-bond acceptors (Lipinski definition) is 7. The summed E-state index contributed by atoms with van der Waals surface area (Å²) in [5, 5.41) is 11.7. The van der Waals surface area contributed by atoms with Gasteiger partial charge in [0.2, 0.25) is 5.88 Å². The first-order valence-electron chi connectivity index (χ1n) is 7.49. The van der Waals surface area contributed by atoms with E-state index >= 15 is 0 Å². The molecule has 1 atom stereocenters. The fraction of sp³-hybridized carbons (Fsp3) is 0.312. The van der Waals surface area contributed by atoms with Gasteiger partial charge in [0, 0.05) is 24.7 Å². The van der Waals surface area contributed by atoms with Crippen LogP contribution in [0, 0.1) is 0 Å². The summed E-state index contributed by atoms with van der Waals surface area (Å²) in [6.07, 6.45) is -0.644. The number of morpholine rings is 1. The summed E-state index contributed by atoms with van der Waals surface area (Å²) < 4.78 is 15.6. The highest BCUT2D eigenvalue weighted by atomic mass is 35.5. The smallest absolute Gasteiger partial charge is 0.343 e. The molecule has 0 spiro atoms. The first-order chi connectivity index (χ1) is 12.1. The summed E-state index contributed by atoms with van der Waals surface area (Å²) in [5.74, 6) is -0.0231. The molecule has 1 aliphatic rings. The number of nitrogens with one attached hydrogen (secondary N) is 1. The first kappa shape index (κ1) is 17.9. The van der Waals surface area contributed by atoms with Crippen LogP contribution in [-0.2, 0) is 9.53 Å². The molecule has 9 heteroatoms. The van der Waals surface area contributed by atoms with Crippen LogP contribution >= 0.6 is 23.2 Å². The summed E-state index contributed by atoms with van der Waals surface area (Å²) in [4.78, 5) is 12.0. The van der Waals surface area contributed by atoms with E-state index in [0.717, 1.165) is 0 Å². The van der Waals surface area contributed by atoms with Crippen molar-refractivity contribution in [3.63, 3.8) is 0 Å². The highest BCUT2D eigenvalue weighted by molar-refractivity contribution is 6.37. The zero-order valence-electron chi connectivity index (χ0n) is 13.3. The van der Waals surface area contributed by atoms with E-state index in [9.17, 15) is 4.79 Å². The van der Waals surface area contributed by atoms with Crippen LogP contribution in [-0.4, -0.2) is 49.1 Å². The van der Waals surface area contributed by atoms with Crippen LogP contribution in [0.5, 0.6) is 11.6 Å². The molecule has 1 aromatic heterocycles. The lowest BCUT2D eigenvalue weighted by atomic mass is 10.1. The van der Waals surface area contributed by atoms with Crippen LogP contribution in [0.25, 0.3) is 11.3 Å². The van der Waals surface area contributed by atoms with Crippen molar-refractivity contribution in [3.05, 3.63) is 34.3 Å². The van der Waals surface area contributed by atoms with Crippen molar-refractivity contribution in [2.24, 2.45) is 0 Å². The third-order valence-corrected chi connectivity index (χ3v) is 4.10. The maximum absolute atomic E-state index is 12.0. The number of methoxy groups -OCH3 is 1. The third kappa shape index (κ3) is 4.19. The molecule has 0 radical (unpaired) electrons. The topological polar surface area (TPSA) is 82.6 Å². The summed E-state index contributed by atoms with van der Waals surface area (Å²) in [6.45, 7) is 1.59. The molecule has 132 valence electrons. The van der Waals surface area contributed by atoms with Crippen molar-refractivity contribution in [1.82, 2.24) is 15.5 Å². The number of nitrogens with zero attached hydrogens (tertiary/aromatic N) is 2. The molecule has 1 saturated heterocycles. The molecule has 25 heavy (non-hydrogen) atoms. The van der Waals surface area contributed by atoms with Gasteiger partial charge in [-0.2, -0.15) is 0 Å². The second-order valence-corrected chi connectivity index (χ2v) is 6.03. The Bertz CT molecular complexity index is 741. The number of benzene rings is 1. The Morgan fingerprint density at radius 3 is 2.60 bits per heavy atom. The molecule has 1 N–H and O–H groups in total. The van der Waals surface area contributed by atoms with E-state index in [4.69, 9.17) is 37.4 Å². The molecule has 0 amide bonds. The van der Waals surface area contributed by atoms with Crippen LogP contribution in [0.4, 0.5) is 0 Å². The van der Waals surface area contributed by atoms with Gasteiger partial charge in [-0.15, -0.1) is 10.2 Å². The second kappa shape index (κ2) is 7.97. The number of ether oxygens (including phenoxy) is 3. The highest BCUT2D eigenvalue weighted by Crippen LogP contribution is 2.36. The highest BCUT2D eigenvalue weighted by Gasteiger charge is 2.24. The lowest BCUT2D eigenvalue weighted by Gasteiger charge is -2.21. The maximum Gasteiger partial charge on any atom is 0.343 e. The number of halogens is 2. The number of aromatic nitrogens is 2. The standard InChI is InChI=1S/C16H15Cl2N3O4/c1-23-15-10(17)6-9(7-11(15)18)12-2-3-14(21-20-12)25-16(22)13-8-19-4-5-24-13/h2-3,6-7,13,19H,4-5,8H2,1H3. The Morgan fingerprint density at radius 2 is 2.04 bits per heavy atom. The molecule has 3 rings (SSSR count). The Kier molecular flexibility index (Phi) is 5.70. The van der Waals surface area contributed by atoms with E-state index in [1.165, 1.54) is 7.11 Å². The summed E-state index contributed by atoms with van der Waals surface area (Å²) in [7, 11) is 1.49. The molecular weight excluding hydrogens is 369 g/mol. The predicted molar refractivity (Wildman–Crippen MR) is 92.3 cm³/mol. The van der Waals surface area contributed by atoms with E-state index in [1.54, 1.807) is 24.3 Å². The molecule has 1 aromatic carbocycles. The molecule has 2 heterocycles. The Balaban J connectivity index is 1.73. The van der Waals surface area contributed by atoms with Gasteiger partial charge in [-0.3, -0.25) is 0 Å². The average Bonchev–Trinajstić information content (AvgIpc) is 2.63. The third-order valence-electron chi connectivity index (χ3n) is 3.53. The average molecular weight is 384 g/mol. The van der Waals surface area contributed by atoms with Gasteiger partial charge in [0.05, 0.1) is 29.5 Å². The quantitative estimate of drug-likeness (QED) is 0.811. The van der Waals surface area contributed by atoms with E-state index < -0.39 is 12.1 Å². The first-order valence-corrected chi connectivity index (χ1v) is 8.25. The molecule has 0 bridgehead atoms. The van der Waals surface area contributed by atoms with Crippen LogP contribution in [0.2, 0.25) is 10.0 Å². The molecular formula is C16H15Cl2N3O4. The van der Waals surface area contributed by atoms with Crippen molar-refractivity contribution in [2.45, 2.75) is 6.10 Å². The summed E-state index contributed by atoms with van der Waals surface area (Å²) in [6, 6.07) is 6.54. The number of carbonyl (C=O) groups excluding carboxylic acids is 1. The summed E-state index contributed by atoms with van der Waals surface area (Å²) in [5.41, 5.74) is 1.20. The minimum absolute atomic E-state index is 0.0913. The van der Waals surface area contributed by atoms with Gasteiger partial charge in [0.15, 0.2) is 11.9 Å². The fourth-order valence-electron chi connectivity index (χ4n) is 2.32. The van der Waals surface area contributed by atoms with Gasteiger partial charge in [0.1, 0.15) is 0 Å². The normalized spacial score (nSPS) is 17.2. The van der Waals surface area contributed by atoms with Gasteiger partial charge in [-0.1, -0.05) is 23.2 Å². The van der Waals surface area contributed by atoms with E-state index in [1.807, 2.05) is 0 Å².